The Morgan fingerprint density at radius 3 is 2.81 bits per heavy atom. The van der Waals surface area contributed by atoms with E-state index in [4.69, 9.17) is 4.74 Å². The van der Waals surface area contributed by atoms with Gasteiger partial charge in [-0.15, -0.1) is 0 Å². The number of hydrogen-bond donors (Lipinski definition) is 1. The summed E-state index contributed by atoms with van der Waals surface area (Å²) in [7, 11) is -1.41. The first-order chi connectivity index (χ1) is 15.0. The highest BCUT2D eigenvalue weighted by Crippen LogP contribution is 2.40. The van der Waals surface area contributed by atoms with Crippen molar-refractivity contribution < 1.29 is 13.2 Å². The number of H-pyrrole nitrogens is 1. The molecule has 7 nitrogen and oxygen atoms in total. The molecule has 1 atom stereocenters. The predicted octanol–water partition coefficient (Wildman–Crippen LogP) is 3.48. The molecule has 31 heavy (non-hydrogen) atoms. The molecule has 1 aliphatic carbocycles. The van der Waals surface area contributed by atoms with Crippen LogP contribution in [0, 0.1) is 5.92 Å². The van der Waals surface area contributed by atoms with Gasteiger partial charge in [-0.1, -0.05) is 0 Å². The second-order valence-corrected chi connectivity index (χ2v) is 11.4. The van der Waals surface area contributed by atoms with Gasteiger partial charge < -0.3 is 9.72 Å². The fourth-order valence-corrected chi connectivity index (χ4v) is 7.46. The number of likely N-dealkylation sites (tertiary alicyclic amines) is 1. The van der Waals surface area contributed by atoms with Gasteiger partial charge in [0.15, 0.2) is 15.5 Å². The molecule has 4 heterocycles. The van der Waals surface area contributed by atoms with E-state index in [0.717, 1.165) is 61.7 Å². The van der Waals surface area contributed by atoms with Gasteiger partial charge in [0.1, 0.15) is 5.88 Å². The van der Waals surface area contributed by atoms with Crippen molar-refractivity contribution in [3.8, 4) is 0 Å². The number of rotatable bonds is 6. The summed E-state index contributed by atoms with van der Waals surface area (Å²) in [5, 5.41) is 2.02. The first kappa shape index (κ1) is 20.8. The maximum atomic E-state index is 13.1. The van der Waals surface area contributed by atoms with Gasteiger partial charge in [-0.25, -0.2) is 18.4 Å². The smallest absolute Gasteiger partial charge is 0.166 e. The standard InChI is InChI=1S/C23H30N4O3S/c1-30-14-16-8-11-27(13-16)15-31(28,29)18-4-2-17(3-5-18)19-6-9-24-21-12-26-23-20(22(19)21)7-10-25-23/h6-7,9-10,12,16-18,24H,2-5,8,11,13-15H2,1H3. The SMILES string of the molecule is COCC1CCN(CS(=O)(=O)C2CCC(c3cc[nH]c4cnc5nccc5c34)CC2)C1. The van der Waals surface area contributed by atoms with Crippen LogP contribution in [0.2, 0.25) is 0 Å². The van der Waals surface area contributed by atoms with E-state index in [2.05, 4.69) is 25.9 Å². The summed E-state index contributed by atoms with van der Waals surface area (Å²) in [6.45, 7) is 2.39. The van der Waals surface area contributed by atoms with Crippen molar-refractivity contribution >= 4 is 31.8 Å². The number of nitrogens with zero attached hydrogens (tertiary/aromatic N) is 3. The van der Waals surface area contributed by atoms with Gasteiger partial charge in [-0.3, -0.25) is 4.90 Å². The van der Waals surface area contributed by atoms with Crippen LogP contribution >= 0.6 is 0 Å². The van der Waals surface area contributed by atoms with Crippen molar-refractivity contribution in [2.45, 2.75) is 43.3 Å². The minimum Gasteiger partial charge on any atom is -0.384 e. The van der Waals surface area contributed by atoms with Crippen LogP contribution in [0.25, 0.3) is 21.9 Å². The number of fused-ring (bicyclic) bond motifs is 3. The lowest BCUT2D eigenvalue weighted by Gasteiger charge is -2.30. The van der Waals surface area contributed by atoms with Crippen LogP contribution in [0.15, 0.2) is 30.7 Å². The van der Waals surface area contributed by atoms with E-state index in [0.29, 0.717) is 18.4 Å². The van der Waals surface area contributed by atoms with Gasteiger partial charge in [0, 0.05) is 36.8 Å². The van der Waals surface area contributed by atoms with Crippen LogP contribution < -0.4 is 0 Å². The summed E-state index contributed by atoms with van der Waals surface area (Å²) >= 11 is 0. The van der Waals surface area contributed by atoms with E-state index in [1.165, 1.54) is 10.9 Å². The topological polar surface area (TPSA) is 88.2 Å². The minimum atomic E-state index is -3.12. The van der Waals surface area contributed by atoms with Crippen molar-refractivity contribution in [2.75, 3.05) is 32.7 Å². The molecule has 8 heteroatoms. The van der Waals surface area contributed by atoms with Gasteiger partial charge in [-0.2, -0.15) is 0 Å². The second kappa shape index (κ2) is 8.48. The zero-order valence-electron chi connectivity index (χ0n) is 18.0. The lowest BCUT2D eigenvalue weighted by molar-refractivity contribution is 0.155. The number of aromatic amines is 1. The molecule has 1 aliphatic heterocycles. The molecule has 0 spiro atoms. The molecule has 166 valence electrons. The van der Waals surface area contributed by atoms with Crippen LogP contribution in [0.4, 0.5) is 0 Å². The van der Waals surface area contributed by atoms with E-state index in [-0.39, 0.29) is 11.1 Å². The van der Waals surface area contributed by atoms with Crippen molar-refractivity contribution in [3.05, 3.63) is 36.3 Å². The van der Waals surface area contributed by atoms with Gasteiger partial charge in [-0.05, 0) is 68.2 Å². The molecule has 0 bridgehead atoms. The number of pyridine rings is 2. The monoisotopic (exact) mass is 442 g/mol. The van der Waals surface area contributed by atoms with Crippen LogP contribution in [0.3, 0.4) is 0 Å². The Kier molecular flexibility index (Phi) is 5.71. The molecule has 0 radical (unpaired) electrons. The number of nitrogens with one attached hydrogen (secondary N) is 1. The summed E-state index contributed by atoms with van der Waals surface area (Å²) in [5.41, 5.74) is 3.06. The maximum Gasteiger partial charge on any atom is 0.166 e. The first-order valence-corrected chi connectivity index (χ1v) is 12.9. The average Bonchev–Trinajstić information content (AvgIpc) is 3.43. The molecular formula is C23H30N4O3S. The molecular weight excluding hydrogens is 412 g/mol. The van der Waals surface area contributed by atoms with E-state index in [1.54, 1.807) is 13.3 Å². The molecule has 3 aromatic heterocycles. The molecule has 1 saturated carbocycles. The number of hydrogen-bond acceptors (Lipinski definition) is 6. The van der Waals surface area contributed by atoms with Crippen LogP contribution in [-0.4, -0.2) is 66.2 Å². The van der Waals surface area contributed by atoms with Gasteiger partial charge in [0.05, 0.1) is 23.6 Å². The van der Waals surface area contributed by atoms with Crippen molar-refractivity contribution in [3.63, 3.8) is 0 Å². The molecule has 0 amide bonds. The number of sulfone groups is 1. The summed E-state index contributed by atoms with van der Waals surface area (Å²) < 4.78 is 31.5. The summed E-state index contributed by atoms with van der Waals surface area (Å²) in [5.74, 6) is 1.01. The highest BCUT2D eigenvalue weighted by atomic mass is 32.2. The third-order valence-electron chi connectivity index (χ3n) is 7.08. The zero-order valence-corrected chi connectivity index (χ0v) is 18.8. The number of ether oxygens (including phenoxy) is 1. The molecule has 1 unspecified atom stereocenters. The third kappa shape index (κ3) is 4.08. The Morgan fingerprint density at radius 2 is 2.00 bits per heavy atom. The second-order valence-electron chi connectivity index (χ2n) is 9.11. The lowest BCUT2D eigenvalue weighted by atomic mass is 9.82. The van der Waals surface area contributed by atoms with Crippen LogP contribution in [0.1, 0.15) is 43.6 Å². The molecule has 3 aromatic rings. The Balaban J connectivity index is 1.29. The fourth-order valence-electron chi connectivity index (χ4n) is 5.52. The summed E-state index contributed by atoms with van der Waals surface area (Å²) in [4.78, 5) is 14.2. The molecule has 1 saturated heterocycles. The molecule has 2 fully saturated rings. The normalized spacial score (nSPS) is 25.5. The van der Waals surface area contributed by atoms with Gasteiger partial charge in [0.2, 0.25) is 0 Å². The van der Waals surface area contributed by atoms with Gasteiger partial charge in [0.25, 0.3) is 0 Å². The summed E-state index contributed by atoms with van der Waals surface area (Å²) in [6.07, 6.45) is 9.89. The van der Waals surface area contributed by atoms with Crippen LogP contribution in [0.5, 0.6) is 0 Å². The first-order valence-electron chi connectivity index (χ1n) is 11.2. The predicted molar refractivity (Wildman–Crippen MR) is 122 cm³/mol. The van der Waals surface area contributed by atoms with Crippen molar-refractivity contribution in [1.29, 1.82) is 0 Å². The Bertz CT molecular complexity index is 1170. The van der Waals surface area contributed by atoms with E-state index in [1.807, 2.05) is 18.5 Å². The summed E-state index contributed by atoms with van der Waals surface area (Å²) in [6, 6.07) is 4.17. The van der Waals surface area contributed by atoms with Crippen molar-refractivity contribution in [1.82, 2.24) is 19.9 Å². The van der Waals surface area contributed by atoms with Crippen molar-refractivity contribution in [2.24, 2.45) is 5.92 Å². The van der Waals surface area contributed by atoms with E-state index >= 15 is 0 Å². The Morgan fingerprint density at radius 1 is 1.16 bits per heavy atom. The molecule has 1 N–H and O–H groups in total. The largest absolute Gasteiger partial charge is 0.384 e. The highest BCUT2D eigenvalue weighted by molar-refractivity contribution is 7.91. The fraction of sp³-hybridized carbons (Fsp3) is 0.565. The highest BCUT2D eigenvalue weighted by Gasteiger charge is 2.35. The molecule has 5 rings (SSSR count). The zero-order chi connectivity index (χ0) is 21.4. The lowest BCUT2D eigenvalue weighted by Crippen LogP contribution is -2.36. The number of methoxy groups -OCH3 is 1. The third-order valence-corrected chi connectivity index (χ3v) is 9.29. The van der Waals surface area contributed by atoms with E-state index < -0.39 is 9.84 Å². The number of aromatic nitrogens is 3. The quantitative estimate of drug-likeness (QED) is 0.629. The Labute approximate surface area is 183 Å². The van der Waals surface area contributed by atoms with Gasteiger partial charge >= 0.3 is 0 Å². The van der Waals surface area contributed by atoms with E-state index in [9.17, 15) is 8.42 Å². The average molecular weight is 443 g/mol. The Hall–Kier alpha value is -2.03. The maximum absolute atomic E-state index is 13.1. The molecule has 2 aliphatic rings. The minimum absolute atomic E-state index is 0.192. The van der Waals surface area contributed by atoms with Crippen LogP contribution in [-0.2, 0) is 14.6 Å². The molecule has 0 aromatic carbocycles.